The van der Waals surface area contributed by atoms with Crippen molar-refractivity contribution < 1.29 is 24.9 Å². The molecule has 2 unspecified atom stereocenters. The fraction of sp³-hybridized carbons (Fsp3) is 0.889. The van der Waals surface area contributed by atoms with Crippen LogP contribution in [0.1, 0.15) is 90.4 Å². The van der Waals surface area contributed by atoms with Crippen molar-refractivity contribution in [3.8, 4) is 0 Å². The fourth-order valence-corrected chi connectivity index (χ4v) is 2.65. The van der Waals surface area contributed by atoms with Crippen molar-refractivity contribution in [3.63, 3.8) is 0 Å². The zero-order chi connectivity index (χ0) is 17.5. The maximum atomic E-state index is 11.0. The van der Waals surface area contributed by atoms with Crippen molar-refractivity contribution in [3.05, 3.63) is 0 Å². The second-order valence-electron chi connectivity index (χ2n) is 6.36. The lowest BCUT2D eigenvalue weighted by Gasteiger charge is -2.14. The molecule has 0 rings (SSSR count). The molecule has 0 saturated heterocycles. The number of unbranched alkanes of at least 4 members (excludes halogenated alkanes) is 11. The SMILES string of the molecule is CCCCCCCCCCCCCCC(O)C(O)C(=O)C(=O)O. The van der Waals surface area contributed by atoms with Gasteiger partial charge in [0.05, 0.1) is 6.10 Å². The number of aliphatic carboxylic acids is 1. The van der Waals surface area contributed by atoms with Gasteiger partial charge in [-0.1, -0.05) is 84.0 Å². The number of Topliss-reactive ketones (excluding diaryl/α,β-unsaturated/α-hetero) is 1. The molecule has 0 amide bonds. The van der Waals surface area contributed by atoms with Crippen LogP contribution < -0.4 is 0 Å². The van der Waals surface area contributed by atoms with Gasteiger partial charge in [-0.05, 0) is 6.42 Å². The van der Waals surface area contributed by atoms with E-state index in [4.69, 9.17) is 5.11 Å². The average molecular weight is 330 g/mol. The molecule has 0 aliphatic rings. The number of aliphatic hydroxyl groups is 2. The van der Waals surface area contributed by atoms with E-state index in [0.717, 1.165) is 12.8 Å². The molecule has 2 atom stereocenters. The van der Waals surface area contributed by atoms with E-state index in [1.807, 2.05) is 0 Å². The van der Waals surface area contributed by atoms with Crippen molar-refractivity contribution in [2.24, 2.45) is 0 Å². The second kappa shape index (κ2) is 14.6. The highest BCUT2D eigenvalue weighted by Gasteiger charge is 2.28. The lowest BCUT2D eigenvalue weighted by atomic mass is 10.0. The average Bonchev–Trinajstić information content (AvgIpc) is 2.54. The molecule has 0 heterocycles. The topological polar surface area (TPSA) is 94.8 Å². The van der Waals surface area contributed by atoms with Crippen LogP contribution in [0.5, 0.6) is 0 Å². The number of rotatable bonds is 16. The second-order valence-corrected chi connectivity index (χ2v) is 6.36. The number of carboxylic acids is 1. The summed E-state index contributed by atoms with van der Waals surface area (Å²) in [7, 11) is 0. The molecule has 0 bridgehead atoms. The maximum Gasteiger partial charge on any atom is 0.375 e. The molecule has 0 aromatic carbocycles. The third kappa shape index (κ3) is 12.2. The van der Waals surface area contributed by atoms with Gasteiger partial charge in [0.1, 0.15) is 6.10 Å². The lowest BCUT2D eigenvalue weighted by molar-refractivity contribution is -0.156. The zero-order valence-electron chi connectivity index (χ0n) is 14.5. The van der Waals surface area contributed by atoms with E-state index in [0.29, 0.717) is 6.42 Å². The highest BCUT2D eigenvalue weighted by Crippen LogP contribution is 2.13. The van der Waals surface area contributed by atoms with Gasteiger partial charge in [-0.2, -0.15) is 0 Å². The first-order chi connectivity index (χ1) is 11.0. The summed E-state index contributed by atoms with van der Waals surface area (Å²) in [6, 6.07) is 0. The highest BCUT2D eigenvalue weighted by molar-refractivity contribution is 6.34. The van der Waals surface area contributed by atoms with E-state index in [1.165, 1.54) is 57.8 Å². The van der Waals surface area contributed by atoms with Gasteiger partial charge in [0.2, 0.25) is 0 Å². The largest absolute Gasteiger partial charge is 0.475 e. The smallest absolute Gasteiger partial charge is 0.375 e. The third-order valence-electron chi connectivity index (χ3n) is 4.20. The quantitative estimate of drug-likeness (QED) is 0.297. The van der Waals surface area contributed by atoms with Gasteiger partial charge in [-0.25, -0.2) is 4.79 Å². The molecular weight excluding hydrogens is 296 g/mol. The summed E-state index contributed by atoms with van der Waals surface area (Å²) in [4.78, 5) is 21.4. The van der Waals surface area contributed by atoms with Gasteiger partial charge < -0.3 is 15.3 Å². The molecule has 0 aromatic heterocycles. The number of carbonyl (C=O) groups excluding carboxylic acids is 1. The van der Waals surface area contributed by atoms with Crippen molar-refractivity contribution in [2.75, 3.05) is 0 Å². The summed E-state index contributed by atoms with van der Waals surface area (Å²) in [6.07, 6.45) is 11.5. The minimum absolute atomic E-state index is 0.262. The monoisotopic (exact) mass is 330 g/mol. The summed E-state index contributed by atoms with van der Waals surface area (Å²) >= 11 is 0. The Hall–Kier alpha value is -0.940. The Kier molecular flexibility index (Phi) is 14.0. The van der Waals surface area contributed by atoms with Crippen LogP contribution in [0.2, 0.25) is 0 Å². The summed E-state index contributed by atoms with van der Waals surface area (Å²) in [6.45, 7) is 2.23. The Morgan fingerprint density at radius 2 is 1.13 bits per heavy atom. The number of hydrogen-bond donors (Lipinski definition) is 3. The zero-order valence-corrected chi connectivity index (χ0v) is 14.5. The Balaban J connectivity index is 3.39. The van der Waals surface area contributed by atoms with Gasteiger partial charge in [-0.3, -0.25) is 4.79 Å². The number of carbonyl (C=O) groups is 2. The van der Waals surface area contributed by atoms with Gasteiger partial charge in [0.25, 0.3) is 5.78 Å². The summed E-state index contributed by atoms with van der Waals surface area (Å²) in [5.41, 5.74) is 0. The maximum absolute atomic E-state index is 11.0. The third-order valence-corrected chi connectivity index (χ3v) is 4.20. The molecule has 0 aliphatic carbocycles. The van der Waals surface area contributed by atoms with Crippen LogP contribution in [-0.4, -0.2) is 39.3 Å². The Labute approximate surface area is 140 Å². The van der Waals surface area contributed by atoms with E-state index in [2.05, 4.69) is 6.92 Å². The molecule has 5 heteroatoms. The molecule has 0 saturated carbocycles. The van der Waals surface area contributed by atoms with Crippen LogP contribution in [-0.2, 0) is 9.59 Å². The van der Waals surface area contributed by atoms with Crippen LogP contribution in [0.4, 0.5) is 0 Å². The molecule has 0 spiro atoms. The predicted octanol–water partition coefficient (Wildman–Crippen LogP) is 3.45. The number of hydrogen-bond acceptors (Lipinski definition) is 4. The first kappa shape index (κ1) is 22.1. The van der Waals surface area contributed by atoms with Crippen LogP contribution in [0.15, 0.2) is 0 Å². The van der Waals surface area contributed by atoms with Crippen molar-refractivity contribution >= 4 is 11.8 Å². The molecular formula is C18H34O5. The van der Waals surface area contributed by atoms with Gasteiger partial charge in [0, 0.05) is 0 Å². The van der Waals surface area contributed by atoms with Crippen molar-refractivity contribution in [2.45, 2.75) is 103 Å². The first-order valence-electron chi connectivity index (χ1n) is 9.14. The van der Waals surface area contributed by atoms with E-state index in [9.17, 15) is 19.8 Å². The summed E-state index contributed by atoms with van der Waals surface area (Å²) < 4.78 is 0. The molecule has 3 N–H and O–H groups in total. The Bertz CT molecular complexity index is 317. The van der Waals surface area contributed by atoms with Crippen LogP contribution in [0.25, 0.3) is 0 Å². The van der Waals surface area contributed by atoms with E-state index < -0.39 is 24.0 Å². The molecule has 0 aliphatic heterocycles. The Morgan fingerprint density at radius 3 is 1.52 bits per heavy atom. The van der Waals surface area contributed by atoms with Gasteiger partial charge >= 0.3 is 5.97 Å². The number of aliphatic hydroxyl groups excluding tert-OH is 2. The predicted molar refractivity (Wildman–Crippen MR) is 90.4 cm³/mol. The molecule has 5 nitrogen and oxygen atoms in total. The standard InChI is InChI=1S/C18H34O5/c1-2-3-4-5-6-7-8-9-10-11-12-13-14-15(19)16(20)17(21)18(22)23/h15-16,19-20H,2-14H2,1H3,(H,22,23). The fourth-order valence-electron chi connectivity index (χ4n) is 2.65. The lowest BCUT2D eigenvalue weighted by Crippen LogP contribution is -2.38. The summed E-state index contributed by atoms with van der Waals surface area (Å²) in [5, 5.41) is 27.4. The van der Waals surface area contributed by atoms with Gasteiger partial charge in [-0.15, -0.1) is 0 Å². The van der Waals surface area contributed by atoms with E-state index >= 15 is 0 Å². The van der Waals surface area contributed by atoms with Crippen molar-refractivity contribution in [1.82, 2.24) is 0 Å². The van der Waals surface area contributed by atoms with Crippen LogP contribution in [0, 0.1) is 0 Å². The molecule has 0 fully saturated rings. The van der Waals surface area contributed by atoms with E-state index in [-0.39, 0.29) is 6.42 Å². The van der Waals surface area contributed by atoms with Gasteiger partial charge in [0.15, 0.2) is 0 Å². The van der Waals surface area contributed by atoms with E-state index in [1.54, 1.807) is 0 Å². The number of carboxylic acid groups (broad SMARTS) is 1. The molecule has 0 radical (unpaired) electrons. The molecule has 0 aromatic rings. The molecule has 23 heavy (non-hydrogen) atoms. The minimum atomic E-state index is -1.81. The van der Waals surface area contributed by atoms with Crippen LogP contribution >= 0.6 is 0 Å². The highest BCUT2D eigenvalue weighted by atomic mass is 16.4. The normalized spacial score (nSPS) is 13.7. The Morgan fingerprint density at radius 1 is 0.739 bits per heavy atom. The first-order valence-corrected chi connectivity index (χ1v) is 9.14. The molecule has 136 valence electrons. The van der Waals surface area contributed by atoms with Crippen molar-refractivity contribution in [1.29, 1.82) is 0 Å². The number of ketones is 1. The minimum Gasteiger partial charge on any atom is -0.475 e. The van der Waals surface area contributed by atoms with Crippen LogP contribution in [0.3, 0.4) is 0 Å². The summed E-state index contributed by atoms with van der Waals surface area (Å²) in [5.74, 6) is -3.04.